The molecule has 0 aromatic heterocycles. The van der Waals surface area contributed by atoms with Gasteiger partial charge in [0, 0.05) is 23.1 Å². The van der Waals surface area contributed by atoms with E-state index in [4.69, 9.17) is 21.4 Å². The third-order valence-electron chi connectivity index (χ3n) is 2.75. The summed E-state index contributed by atoms with van der Waals surface area (Å²) in [5.74, 6) is 5.31. The van der Waals surface area contributed by atoms with Crippen molar-refractivity contribution in [2.45, 2.75) is 13.0 Å². The van der Waals surface area contributed by atoms with Gasteiger partial charge < -0.3 is 9.84 Å². The van der Waals surface area contributed by atoms with E-state index in [9.17, 15) is 4.39 Å². The summed E-state index contributed by atoms with van der Waals surface area (Å²) in [4.78, 5) is 0. The standard InChI is InChI=1S/C17H14ClFO2/c18-16-7-2-1-6-14(16)12-21-15-9-8-13(17(19)11-15)5-3-4-10-20/h1-2,6-9,11,20H,4,10,12H2. The zero-order valence-corrected chi connectivity index (χ0v) is 12.0. The highest BCUT2D eigenvalue weighted by Gasteiger charge is 2.04. The van der Waals surface area contributed by atoms with E-state index < -0.39 is 5.82 Å². The molecule has 1 N–H and O–H groups in total. The Labute approximate surface area is 128 Å². The van der Waals surface area contributed by atoms with E-state index in [0.717, 1.165) is 5.56 Å². The highest BCUT2D eigenvalue weighted by Crippen LogP contribution is 2.20. The van der Waals surface area contributed by atoms with Crippen molar-refractivity contribution in [3.63, 3.8) is 0 Å². The van der Waals surface area contributed by atoms with E-state index in [1.54, 1.807) is 18.2 Å². The van der Waals surface area contributed by atoms with Crippen LogP contribution in [0.5, 0.6) is 5.75 Å². The quantitative estimate of drug-likeness (QED) is 0.871. The topological polar surface area (TPSA) is 29.5 Å². The van der Waals surface area contributed by atoms with Crippen LogP contribution in [0.3, 0.4) is 0 Å². The van der Waals surface area contributed by atoms with Gasteiger partial charge in [-0.15, -0.1) is 0 Å². The maximum Gasteiger partial charge on any atom is 0.142 e. The molecule has 2 aromatic rings. The van der Waals surface area contributed by atoms with Crippen LogP contribution >= 0.6 is 11.6 Å². The van der Waals surface area contributed by atoms with Gasteiger partial charge in [-0.05, 0) is 18.2 Å². The van der Waals surface area contributed by atoms with Gasteiger partial charge in [-0.1, -0.05) is 41.6 Å². The first kappa shape index (κ1) is 15.4. The first-order valence-corrected chi connectivity index (χ1v) is 6.84. The molecule has 0 atom stereocenters. The molecule has 108 valence electrons. The van der Waals surface area contributed by atoms with Crippen LogP contribution in [-0.2, 0) is 6.61 Å². The highest BCUT2D eigenvalue weighted by molar-refractivity contribution is 6.31. The Morgan fingerprint density at radius 3 is 2.71 bits per heavy atom. The molecular formula is C17H14ClFO2. The number of aliphatic hydroxyl groups excluding tert-OH is 1. The average molecular weight is 305 g/mol. The molecule has 0 bridgehead atoms. The second-order valence-corrected chi connectivity index (χ2v) is 4.70. The number of halogens is 2. The van der Waals surface area contributed by atoms with Crippen molar-refractivity contribution >= 4 is 11.6 Å². The van der Waals surface area contributed by atoms with Gasteiger partial charge in [-0.25, -0.2) is 4.39 Å². The third-order valence-corrected chi connectivity index (χ3v) is 3.12. The fourth-order valence-electron chi connectivity index (χ4n) is 1.68. The van der Waals surface area contributed by atoms with Crippen LogP contribution in [0.4, 0.5) is 4.39 Å². The zero-order valence-electron chi connectivity index (χ0n) is 11.3. The molecule has 0 heterocycles. The van der Waals surface area contributed by atoms with Crippen LogP contribution in [0.2, 0.25) is 5.02 Å². The number of hydrogen-bond donors (Lipinski definition) is 1. The lowest BCUT2D eigenvalue weighted by Gasteiger charge is -2.08. The number of hydrogen-bond acceptors (Lipinski definition) is 2. The SMILES string of the molecule is OCCC#Cc1ccc(OCc2ccccc2Cl)cc1F. The van der Waals surface area contributed by atoms with E-state index in [2.05, 4.69) is 11.8 Å². The Kier molecular flexibility index (Phi) is 5.62. The summed E-state index contributed by atoms with van der Waals surface area (Å²) < 4.78 is 19.3. The fraction of sp³-hybridized carbons (Fsp3) is 0.176. The van der Waals surface area contributed by atoms with Crippen LogP contribution < -0.4 is 4.74 Å². The Morgan fingerprint density at radius 1 is 1.19 bits per heavy atom. The molecule has 2 aromatic carbocycles. The Bertz CT molecular complexity index is 674. The molecule has 0 amide bonds. The van der Waals surface area contributed by atoms with Crippen LogP contribution in [0.25, 0.3) is 0 Å². The Morgan fingerprint density at radius 2 is 2.00 bits per heavy atom. The summed E-state index contributed by atoms with van der Waals surface area (Å²) in [6.07, 6.45) is 0.324. The second kappa shape index (κ2) is 7.68. The smallest absolute Gasteiger partial charge is 0.142 e. The minimum absolute atomic E-state index is 0.0341. The second-order valence-electron chi connectivity index (χ2n) is 4.30. The normalized spacial score (nSPS) is 9.86. The molecule has 0 saturated heterocycles. The van der Waals surface area contributed by atoms with Gasteiger partial charge in [0.2, 0.25) is 0 Å². The minimum Gasteiger partial charge on any atom is -0.489 e. The van der Waals surface area contributed by atoms with E-state index in [1.165, 1.54) is 6.07 Å². The molecule has 4 heteroatoms. The maximum absolute atomic E-state index is 13.8. The van der Waals surface area contributed by atoms with E-state index in [-0.39, 0.29) is 18.8 Å². The molecule has 0 aliphatic heterocycles. The van der Waals surface area contributed by atoms with Crippen molar-refractivity contribution in [3.05, 3.63) is 64.4 Å². The van der Waals surface area contributed by atoms with Crippen LogP contribution in [-0.4, -0.2) is 11.7 Å². The van der Waals surface area contributed by atoms with Crippen molar-refractivity contribution in [3.8, 4) is 17.6 Å². The minimum atomic E-state index is -0.447. The third kappa shape index (κ3) is 4.49. The molecule has 0 saturated carbocycles. The van der Waals surface area contributed by atoms with Crippen molar-refractivity contribution in [2.24, 2.45) is 0 Å². The van der Waals surface area contributed by atoms with Crippen LogP contribution in [0.15, 0.2) is 42.5 Å². The van der Waals surface area contributed by atoms with Gasteiger partial charge >= 0.3 is 0 Å². The fourth-order valence-corrected chi connectivity index (χ4v) is 1.87. The molecule has 0 radical (unpaired) electrons. The molecule has 0 fully saturated rings. The first-order valence-electron chi connectivity index (χ1n) is 6.46. The van der Waals surface area contributed by atoms with Crippen molar-refractivity contribution in [1.82, 2.24) is 0 Å². The van der Waals surface area contributed by atoms with Gasteiger partial charge in [0.05, 0.1) is 12.2 Å². The lowest BCUT2D eigenvalue weighted by atomic mass is 10.2. The number of ether oxygens (including phenoxy) is 1. The van der Waals surface area contributed by atoms with Crippen LogP contribution in [0.1, 0.15) is 17.5 Å². The predicted molar refractivity (Wildman–Crippen MR) is 80.8 cm³/mol. The average Bonchev–Trinajstić information content (AvgIpc) is 2.49. The zero-order chi connectivity index (χ0) is 15.1. The lowest BCUT2D eigenvalue weighted by molar-refractivity contribution is 0.304. The monoisotopic (exact) mass is 304 g/mol. The summed E-state index contributed by atoms with van der Waals surface area (Å²) >= 11 is 6.03. The first-order chi connectivity index (χ1) is 10.2. The van der Waals surface area contributed by atoms with Crippen LogP contribution in [0, 0.1) is 17.7 Å². The van der Waals surface area contributed by atoms with Crippen molar-refractivity contribution in [2.75, 3.05) is 6.61 Å². The Balaban J connectivity index is 2.04. The highest BCUT2D eigenvalue weighted by atomic mass is 35.5. The van der Waals surface area contributed by atoms with E-state index in [1.807, 2.05) is 18.2 Å². The summed E-state index contributed by atoms with van der Waals surface area (Å²) in [6, 6.07) is 11.8. The molecule has 2 rings (SSSR count). The Hall–Kier alpha value is -2.02. The van der Waals surface area contributed by atoms with Crippen molar-refractivity contribution < 1.29 is 14.2 Å². The largest absolute Gasteiger partial charge is 0.489 e. The number of aliphatic hydroxyl groups is 1. The van der Waals surface area contributed by atoms with Gasteiger partial charge in [0.1, 0.15) is 18.2 Å². The predicted octanol–water partition coefficient (Wildman–Crippen LogP) is 3.79. The molecule has 0 spiro atoms. The van der Waals surface area contributed by atoms with Gasteiger partial charge in [-0.3, -0.25) is 0 Å². The summed E-state index contributed by atoms with van der Waals surface area (Å²) in [7, 11) is 0. The molecular weight excluding hydrogens is 291 g/mol. The molecule has 0 aliphatic carbocycles. The molecule has 0 aliphatic rings. The van der Waals surface area contributed by atoms with E-state index >= 15 is 0 Å². The molecule has 0 unspecified atom stereocenters. The van der Waals surface area contributed by atoms with E-state index in [0.29, 0.717) is 17.2 Å². The number of rotatable bonds is 4. The van der Waals surface area contributed by atoms with Gasteiger partial charge in [0.25, 0.3) is 0 Å². The maximum atomic E-state index is 13.8. The van der Waals surface area contributed by atoms with Crippen molar-refractivity contribution in [1.29, 1.82) is 0 Å². The summed E-state index contributed by atoms with van der Waals surface area (Å²) in [5.41, 5.74) is 1.12. The summed E-state index contributed by atoms with van der Waals surface area (Å²) in [6.45, 7) is 0.238. The molecule has 2 nitrogen and oxygen atoms in total. The number of benzene rings is 2. The molecule has 21 heavy (non-hydrogen) atoms. The van der Waals surface area contributed by atoms with Gasteiger partial charge in [-0.2, -0.15) is 0 Å². The lowest BCUT2D eigenvalue weighted by Crippen LogP contribution is -1.97. The summed E-state index contributed by atoms with van der Waals surface area (Å²) in [5, 5.41) is 9.25. The van der Waals surface area contributed by atoms with Gasteiger partial charge in [0.15, 0.2) is 0 Å².